The third-order valence-electron chi connectivity index (χ3n) is 4.33. The van der Waals surface area contributed by atoms with Crippen LogP contribution in [0.3, 0.4) is 0 Å². The zero-order chi connectivity index (χ0) is 16.4. The highest BCUT2D eigenvalue weighted by atomic mass is 32.2. The summed E-state index contributed by atoms with van der Waals surface area (Å²) in [5, 5.41) is 25.8. The van der Waals surface area contributed by atoms with Gasteiger partial charge in [-0.1, -0.05) is 6.92 Å². The largest absolute Gasteiger partial charge is 0.387 e. The van der Waals surface area contributed by atoms with Crippen molar-refractivity contribution in [1.82, 2.24) is 4.98 Å². The lowest BCUT2D eigenvalue weighted by Gasteiger charge is -2.45. The predicted molar refractivity (Wildman–Crippen MR) is 93.0 cm³/mol. The molecule has 0 aliphatic heterocycles. The van der Waals surface area contributed by atoms with E-state index in [9.17, 15) is 15.2 Å². The maximum atomic E-state index is 11.1. The number of thioether (sulfide) groups is 1. The molecule has 23 heavy (non-hydrogen) atoms. The number of anilines is 1. The molecule has 0 spiro atoms. The van der Waals surface area contributed by atoms with Crippen LogP contribution in [0.4, 0.5) is 11.4 Å². The Morgan fingerprint density at radius 2 is 2.35 bits per heavy atom. The van der Waals surface area contributed by atoms with Crippen LogP contribution >= 0.6 is 11.8 Å². The Bertz CT molecular complexity index is 740. The molecule has 7 heteroatoms. The molecule has 122 valence electrons. The SMILES string of the molecule is CCSC1CCC1(O)CNc1ccc([N+](=O)[O-])c2cccnc12. The van der Waals surface area contributed by atoms with Gasteiger partial charge in [0, 0.05) is 24.1 Å². The van der Waals surface area contributed by atoms with Crippen molar-refractivity contribution in [3.63, 3.8) is 0 Å². The van der Waals surface area contributed by atoms with Crippen LogP contribution in [0, 0.1) is 10.1 Å². The Hall–Kier alpha value is -1.86. The van der Waals surface area contributed by atoms with Crippen LogP contribution in [-0.4, -0.2) is 38.2 Å². The van der Waals surface area contributed by atoms with E-state index in [0.29, 0.717) is 23.1 Å². The van der Waals surface area contributed by atoms with Gasteiger partial charge in [0.25, 0.3) is 5.69 Å². The van der Waals surface area contributed by atoms with Crippen molar-refractivity contribution in [3.05, 3.63) is 40.6 Å². The molecule has 1 aliphatic carbocycles. The Morgan fingerprint density at radius 1 is 1.52 bits per heavy atom. The first-order valence-corrected chi connectivity index (χ1v) is 8.70. The van der Waals surface area contributed by atoms with E-state index >= 15 is 0 Å². The van der Waals surface area contributed by atoms with E-state index in [4.69, 9.17) is 0 Å². The number of benzene rings is 1. The smallest absolute Gasteiger partial charge is 0.278 e. The van der Waals surface area contributed by atoms with Gasteiger partial charge in [0.2, 0.25) is 0 Å². The third kappa shape index (κ3) is 2.98. The number of aliphatic hydroxyl groups is 1. The van der Waals surface area contributed by atoms with E-state index in [1.165, 1.54) is 6.07 Å². The second kappa shape index (κ2) is 6.33. The fourth-order valence-corrected chi connectivity index (χ4v) is 4.14. The molecular formula is C16H19N3O3S. The van der Waals surface area contributed by atoms with Crippen molar-refractivity contribution in [3.8, 4) is 0 Å². The number of pyridine rings is 1. The Morgan fingerprint density at radius 3 is 3.00 bits per heavy atom. The summed E-state index contributed by atoms with van der Waals surface area (Å²) in [4.78, 5) is 15.0. The summed E-state index contributed by atoms with van der Waals surface area (Å²) in [5.74, 6) is 0.981. The average Bonchev–Trinajstić information content (AvgIpc) is 2.56. The zero-order valence-electron chi connectivity index (χ0n) is 12.9. The molecule has 2 unspecified atom stereocenters. The van der Waals surface area contributed by atoms with Gasteiger partial charge in [0.15, 0.2) is 0 Å². The van der Waals surface area contributed by atoms with Crippen molar-refractivity contribution in [2.45, 2.75) is 30.6 Å². The number of nitrogens with one attached hydrogen (secondary N) is 1. The van der Waals surface area contributed by atoms with Crippen LogP contribution in [0.15, 0.2) is 30.5 Å². The molecule has 0 bridgehead atoms. The molecule has 0 radical (unpaired) electrons. The number of non-ortho nitro benzene ring substituents is 1. The molecule has 1 fully saturated rings. The van der Waals surface area contributed by atoms with Crippen molar-refractivity contribution in [1.29, 1.82) is 0 Å². The summed E-state index contributed by atoms with van der Waals surface area (Å²) in [6, 6.07) is 6.53. The number of fused-ring (bicyclic) bond motifs is 1. The highest BCUT2D eigenvalue weighted by Crippen LogP contribution is 2.41. The fourth-order valence-electron chi connectivity index (χ4n) is 2.95. The minimum Gasteiger partial charge on any atom is -0.387 e. The molecule has 6 nitrogen and oxygen atoms in total. The second-order valence-corrected chi connectivity index (χ2v) is 7.21. The zero-order valence-corrected chi connectivity index (χ0v) is 13.7. The standard InChI is InChI=1S/C16H19N3O3S/c1-2-23-14-7-8-16(14,20)10-18-12-5-6-13(19(21)22)11-4-3-9-17-15(11)12/h3-6,9,14,18,20H,2,7-8,10H2,1H3. The molecule has 1 aromatic carbocycles. The van der Waals surface area contributed by atoms with Gasteiger partial charge in [-0.05, 0) is 36.8 Å². The van der Waals surface area contributed by atoms with E-state index in [2.05, 4.69) is 17.2 Å². The van der Waals surface area contributed by atoms with Crippen LogP contribution in [0.1, 0.15) is 19.8 Å². The minimum absolute atomic E-state index is 0.0421. The first-order valence-electron chi connectivity index (χ1n) is 7.65. The number of aromatic nitrogens is 1. The lowest BCUT2D eigenvalue weighted by Crippen LogP contribution is -2.54. The second-order valence-electron chi connectivity index (χ2n) is 5.73. The highest BCUT2D eigenvalue weighted by Gasteiger charge is 2.45. The molecule has 1 aromatic heterocycles. The van der Waals surface area contributed by atoms with Gasteiger partial charge in [-0.25, -0.2) is 0 Å². The Labute approximate surface area is 138 Å². The molecule has 1 saturated carbocycles. The van der Waals surface area contributed by atoms with Crippen LogP contribution in [0.25, 0.3) is 10.9 Å². The van der Waals surface area contributed by atoms with E-state index in [1.807, 2.05) is 0 Å². The Kier molecular flexibility index (Phi) is 4.41. The first kappa shape index (κ1) is 16.0. The summed E-state index contributed by atoms with van der Waals surface area (Å²) in [6.07, 6.45) is 3.41. The van der Waals surface area contributed by atoms with Gasteiger partial charge in [-0.15, -0.1) is 0 Å². The van der Waals surface area contributed by atoms with Crippen molar-refractivity contribution in [2.75, 3.05) is 17.6 Å². The van der Waals surface area contributed by atoms with Crippen molar-refractivity contribution < 1.29 is 10.0 Å². The van der Waals surface area contributed by atoms with Gasteiger partial charge in [0.1, 0.15) is 5.52 Å². The van der Waals surface area contributed by atoms with Crippen molar-refractivity contribution >= 4 is 34.0 Å². The van der Waals surface area contributed by atoms with Crippen LogP contribution in [0.2, 0.25) is 0 Å². The van der Waals surface area contributed by atoms with Gasteiger partial charge in [-0.2, -0.15) is 11.8 Å². The van der Waals surface area contributed by atoms with Gasteiger partial charge in [0.05, 0.1) is 21.6 Å². The molecule has 0 amide bonds. The lowest BCUT2D eigenvalue weighted by atomic mass is 9.79. The number of nitrogens with zero attached hydrogens (tertiary/aromatic N) is 2. The number of nitro benzene ring substituents is 1. The fraction of sp³-hybridized carbons (Fsp3) is 0.438. The van der Waals surface area contributed by atoms with E-state index in [-0.39, 0.29) is 10.9 Å². The van der Waals surface area contributed by atoms with Gasteiger partial charge >= 0.3 is 0 Å². The maximum absolute atomic E-state index is 11.1. The van der Waals surface area contributed by atoms with Crippen LogP contribution in [-0.2, 0) is 0 Å². The summed E-state index contributed by atoms with van der Waals surface area (Å²) >= 11 is 1.78. The van der Waals surface area contributed by atoms with Gasteiger partial charge < -0.3 is 10.4 Å². The molecule has 2 aromatic rings. The first-order chi connectivity index (χ1) is 11.0. The van der Waals surface area contributed by atoms with Crippen LogP contribution in [0.5, 0.6) is 0 Å². The lowest BCUT2D eigenvalue weighted by molar-refractivity contribution is -0.383. The average molecular weight is 333 g/mol. The van der Waals surface area contributed by atoms with E-state index in [0.717, 1.165) is 18.6 Å². The summed E-state index contributed by atoms with van der Waals surface area (Å²) in [7, 11) is 0. The molecule has 2 N–H and O–H groups in total. The molecule has 3 rings (SSSR count). The number of rotatable bonds is 6. The molecule has 2 atom stereocenters. The molecule has 0 saturated heterocycles. The number of hydrogen-bond acceptors (Lipinski definition) is 6. The van der Waals surface area contributed by atoms with Gasteiger partial charge in [-0.3, -0.25) is 15.1 Å². The summed E-state index contributed by atoms with van der Waals surface area (Å²) < 4.78 is 0. The topological polar surface area (TPSA) is 88.3 Å². The van der Waals surface area contributed by atoms with E-state index in [1.54, 1.807) is 36.2 Å². The third-order valence-corrected chi connectivity index (χ3v) is 5.75. The number of nitro groups is 1. The molecule has 1 aliphatic rings. The monoisotopic (exact) mass is 333 g/mol. The quantitative estimate of drug-likeness (QED) is 0.623. The summed E-state index contributed by atoms with van der Waals surface area (Å²) in [5.41, 5.74) is 0.598. The molecule has 1 heterocycles. The number of hydrogen-bond donors (Lipinski definition) is 2. The van der Waals surface area contributed by atoms with Crippen molar-refractivity contribution in [2.24, 2.45) is 0 Å². The highest BCUT2D eigenvalue weighted by molar-refractivity contribution is 8.00. The Balaban J connectivity index is 1.84. The van der Waals surface area contributed by atoms with E-state index < -0.39 is 10.5 Å². The molecular weight excluding hydrogens is 314 g/mol. The minimum atomic E-state index is -0.719. The van der Waals surface area contributed by atoms with Crippen LogP contribution < -0.4 is 5.32 Å². The predicted octanol–water partition coefficient (Wildman–Crippen LogP) is 3.20. The normalized spacial score (nSPS) is 23.5. The summed E-state index contributed by atoms with van der Waals surface area (Å²) in [6.45, 7) is 2.51. The maximum Gasteiger partial charge on any atom is 0.278 e.